The fourth-order valence-electron chi connectivity index (χ4n) is 1.50. The first-order chi connectivity index (χ1) is 7.38. The molecule has 2 rings (SSSR count). The Hall–Kier alpha value is -1.13. The van der Waals surface area contributed by atoms with E-state index in [1.165, 1.54) is 10.4 Å². The Morgan fingerprint density at radius 2 is 2.47 bits per heavy atom. The molecule has 0 amide bonds. The summed E-state index contributed by atoms with van der Waals surface area (Å²) in [7, 11) is 1.95. The molecule has 0 saturated carbocycles. The van der Waals surface area contributed by atoms with Crippen molar-refractivity contribution in [3.63, 3.8) is 0 Å². The maximum Gasteiger partial charge on any atom is 0.0534 e. The highest BCUT2D eigenvalue weighted by atomic mass is 32.1. The minimum atomic E-state index is 0.888. The number of hydrogen-bond donors (Lipinski definition) is 1. The molecule has 0 bridgehead atoms. The molecule has 3 nitrogen and oxygen atoms in total. The molecule has 80 valence electrons. The fourth-order valence-corrected chi connectivity index (χ4v) is 2.20. The number of hydrogen-bond acceptors (Lipinski definition) is 3. The summed E-state index contributed by atoms with van der Waals surface area (Å²) in [5.41, 5.74) is 1.24. The van der Waals surface area contributed by atoms with Gasteiger partial charge in [0.15, 0.2) is 0 Å². The monoisotopic (exact) mass is 221 g/mol. The van der Waals surface area contributed by atoms with E-state index in [2.05, 4.69) is 34.1 Å². The molecule has 0 fully saturated rings. The van der Waals surface area contributed by atoms with Crippen LogP contribution in [-0.4, -0.2) is 16.8 Å². The Morgan fingerprint density at radius 3 is 3.20 bits per heavy atom. The van der Waals surface area contributed by atoms with Gasteiger partial charge < -0.3 is 5.32 Å². The van der Waals surface area contributed by atoms with Gasteiger partial charge in [-0.25, -0.2) is 0 Å². The van der Waals surface area contributed by atoms with Gasteiger partial charge in [-0.05, 0) is 18.5 Å². The molecular formula is C11H15N3S. The van der Waals surface area contributed by atoms with Gasteiger partial charge in [0.2, 0.25) is 0 Å². The topological polar surface area (TPSA) is 29.9 Å². The predicted molar refractivity (Wildman–Crippen MR) is 63.0 cm³/mol. The maximum atomic E-state index is 4.32. The van der Waals surface area contributed by atoms with Crippen molar-refractivity contribution in [1.82, 2.24) is 15.1 Å². The van der Waals surface area contributed by atoms with Gasteiger partial charge in [-0.15, -0.1) is 11.3 Å². The van der Waals surface area contributed by atoms with Crippen LogP contribution in [0.2, 0.25) is 0 Å². The van der Waals surface area contributed by atoms with Gasteiger partial charge in [-0.3, -0.25) is 4.68 Å². The van der Waals surface area contributed by atoms with Gasteiger partial charge in [-0.1, -0.05) is 6.07 Å². The largest absolute Gasteiger partial charge is 0.316 e. The van der Waals surface area contributed by atoms with E-state index in [4.69, 9.17) is 0 Å². The Balaban J connectivity index is 1.88. The second-order valence-electron chi connectivity index (χ2n) is 3.47. The summed E-state index contributed by atoms with van der Waals surface area (Å²) in [4.78, 5) is 1.42. The quantitative estimate of drug-likeness (QED) is 0.836. The van der Waals surface area contributed by atoms with E-state index in [1.807, 2.05) is 17.9 Å². The smallest absolute Gasteiger partial charge is 0.0534 e. The van der Waals surface area contributed by atoms with Gasteiger partial charge in [0, 0.05) is 36.1 Å². The lowest BCUT2D eigenvalue weighted by atomic mass is 10.3. The van der Waals surface area contributed by atoms with E-state index in [0.717, 1.165) is 19.5 Å². The van der Waals surface area contributed by atoms with Gasteiger partial charge in [0.25, 0.3) is 0 Å². The lowest BCUT2D eigenvalue weighted by Crippen LogP contribution is -2.04. The van der Waals surface area contributed by atoms with E-state index in [9.17, 15) is 0 Å². The minimum absolute atomic E-state index is 0.888. The second kappa shape index (κ2) is 5.09. The zero-order valence-corrected chi connectivity index (χ0v) is 9.63. The average molecular weight is 221 g/mol. The fraction of sp³-hybridized carbons (Fsp3) is 0.364. The van der Waals surface area contributed by atoms with Crippen LogP contribution in [0.25, 0.3) is 0 Å². The lowest BCUT2D eigenvalue weighted by molar-refractivity contribution is 0.617. The summed E-state index contributed by atoms with van der Waals surface area (Å²) >= 11 is 1.81. The Bertz CT molecular complexity index is 392. The lowest BCUT2D eigenvalue weighted by Gasteiger charge is -1.98. The second-order valence-corrected chi connectivity index (χ2v) is 4.50. The van der Waals surface area contributed by atoms with Crippen LogP contribution in [0, 0.1) is 0 Å². The summed E-state index contributed by atoms with van der Waals surface area (Å²) in [5, 5.41) is 9.55. The molecule has 0 aromatic carbocycles. The van der Waals surface area contributed by atoms with Crippen molar-refractivity contribution in [2.75, 3.05) is 7.05 Å². The molecule has 4 heteroatoms. The van der Waals surface area contributed by atoms with Crippen molar-refractivity contribution in [3.05, 3.63) is 40.3 Å². The summed E-state index contributed by atoms with van der Waals surface area (Å²) < 4.78 is 2.01. The molecule has 0 aliphatic heterocycles. The first kappa shape index (κ1) is 10.4. The van der Waals surface area contributed by atoms with E-state index in [0.29, 0.717) is 0 Å². The van der Waals surface area contributed by atoms with Crippen LogP contribution < -0.4 is 5.32 Å². The SMILES string of the molecule is CNCc1cnn(CCc2cccs2)c1. The molecule has 0 unspecified atom stereocenters. The van der Waals surface area contributed by atoms with Crippen molar-refractivity contribution < 1.29 is 0 Å². The van der Waals surface area contributed by atoms with Gasteiger partial charge in [0.1, 0.15) is 0 Å². The summed E-state index contributed by atoms with van der Waals surface area (Å²) in [5.74, 6) is 0. The van der Waals surface area contributed by atoms with Crippen LogP contribution in [-0.2, 0) is 19.5 Å². The molecule has 0 radical (unpaired) electrons. The van der Waals surface area contributed by atoms with E-state index < -0.39 is 0 Å². The summed E-state index contributed by atoms with van der Waals surface area (Å²) in [6.07, 6.45) is 5.09. The molecular weight excluding hydrogens is 206 g/mol. The van der Waals surface area contributed by atoms with Crippen LogP contribution in [0.15, 0.2) is 29.9 Å². The molecule has 0 atom stereocenters. The Kier molecular flexibility index (Phi) is 3.53. The van der Waals surface area contributed by atoms with Crippen LogP contribution in [0.3, 0.4) is 0 Å². The van der Waals surface area contributed by atoms with E-state index in [-0.39, 0.29) is 0 Å². The molecule has 0 aliphatic rings. The van der Waals surface area contributed by atoms with Crippen molar-refractivity contribution >= 4 is 11.3 Å². The third kappa shape index (κ3) is 2.91. The van der Waals surface area contributed by atoms with Crippen molar-refractivity contribution in [2.24, 2.45) is 0 Å². The molecule has 0 spiro atoms. The molecule has 2 aromatic heterocycles. The van der Waals surface area contributed by atoms with Crippen LogP contribution in [0.4, 0.5) is 0 Å². The van der Waals surface area contributed by atoms with E-state index in [1.54, 1.807) is 11.3 Å². The highest BCUT2D eigenvalue weighted by Gasteiger charge is 1.98. The first-order valence-electron chi connectivity index (χ1n) is 5.07. The number of nitrogens with zero attached hydrogens (tertiary/aromatic N) is 2. The third-order valence-electron chi connectivity index (χ3n) is 2.24. The van der Waals surface area contributed by atoms with Crippen LogP contribution >= 0.6 is 11.3 Å². The predicted octanol–water partition coefficient (Wildman–Crippen LogP) is 1.91. The van der Waals surface area contributed by atoms with Crippen LogP contribution in [0.1, 0.15) is 10.4 Å². The number of nitrogens with one attached hydrogen (secondary N) is 1. The molecule has 1 N–H and O–H groups in total. The summed E-state index contributed by atoms with van der Waals surface area (Å²) in [6, 6.07) is 4.26. The molecule has 2 aromatic rings. The van der Waals surface area contributed by atoms with Gasteiger partial charge in [-0.2, -0.15) is 5.10 Å². The highest BCUT2D eigenvalue weighted by Crippen LogP contribution is 2.10. The number of aromatic nitrogens is 2. The zero-order chi connectivity index (χ0) is 10.5. The highest BCUT2D eigenvalue weighted by molar-refractivity contribution is 7.09. The van der Waals surface area contributed by atoms with Crippen molar-refractivity contribution in [3.8, 4) is 0 Å². The van der Waals surface area contributed by atoms with Gasteiger partial charge in [0.05, 0.1) is 6.20 Å². The molecule has 2 heterocycles. The van der Waals surface area contributed by atoms with Crippen molar-refractivity contribution in [2.45, 2.75) is 19.5 Å². The molecule has 15 heavy (non-hydrogen) atoms. The third-order valence-corrected chi connectivity index (χ3v) is 3.17. The van der Waals surface area contributed by atoms with Crippen LogP contribution in [0.5, 0.6) is 0 Å². The average Bonchev–Trinajstić information content (AvgIpc) is 2.85. The number of thiophene rings is 1. The molecule has 0 aliphatic carbocycles. The normalized spacial score (nSPS) is 10.7. The number of aryl methyl sites for hydroxylation is 2. The molecule has 0 saturated heterocycles. The Morgan fingerprint density at radius 1 is 1.53 bits per heavy atom. The minimum Gasteiger partial charge on any atom is -0.316 e. The van der Waals surface area contributed by atoms with E-state index >= 15 is 0 Å². The standard InChI is InChI=1S/C11H15N3S/c1-12-7-10-8-13-14(9-10)5-4-11-3-2-6-15-11/h2-3,6,8-9,12H,4-5,7H2,1H3. The number of rotatable bonds is 5. The summed E-state index contributed by atoms with van der Waals surface area (Å²) in [6.45, 7) is 1.85. The maximum absolute atomic E-state index is 4.32. The van der Waals surface area contributed by atoms with Gasteiger partial charge >= 0.3 is 0 Å². The zero-order valence-electron chi connectivity index (χ0n) is 8.81. The van der Waals surface area contributed by atoms with Crippen molar-refractivity contribution in [1.29, 1.82) is 0 Å². The first-order valence-corrected chi connectivity index (χ1v) is 5.95. The Labute approximate surface area is 93.7 Å².